The molecule has 0 saturated heterocycles. The lowest BCUT2D eigenvalue weighted by molar-refractivity contribution is 0.630. The predicted molar refractivity (Wildman–Crippen MR) is 165 cm³/mol. The maximum atomic E-state index is 14.0. The molecule has 0 amide bonds. The maximum absolute atomic E-state index is 14.0. The summed E-state index contributed by atoms with van der Waals surface area (Å²) in [6, 6.07) is 3.29. The first-order chi connectivity index (χ1) is 18.1. The summed E-state index contributed by atoms with van der Waals surface area (Å²) in [6.07, 6.45) is 17.2. The molecule has 0 bridgehead atoms. The van der Waals surface area contributed by atoms with Gasteiger partial charge in [0.1, 0.15) is 11.6 Å². The molecule has 0 radical (unpaired) electrons. The van der Waals surface area contributed by atoms with E-state index >= 15 is 0 Å². The molecule has 2 rings (SSSR count). The van der Waals surface area contributed by atoms with Crippen molar-refractivity contribution in [3.05, 3.63) is 94.4 Å². The number of halogens is 3. The lowest BCUT2D eigenvalue weighted by Gasteiger charge is -2.15. The smallest absolute Gasteiger partial charge is 0.143 e. The molecule has 1 unspecified atom stereocenters. The molecule has 2 nitrogen and oxygen atoms in total. The standard InChI is InChI=1S/C24H31ClFN.C9H14FN/c1-6-8-10-18(13-12-16(3)4)17(5)24-19(11-9-7-2)20-14-21(25)22(26)15-23(20)27-24;1-4-6-8(3)11-7-9(10)5-2/h8,10,12-15,17,27H,6-7,9,11H2,1-5H3;5,7H,2,4,6H2,1,3H3/b10-8+,18-13+;9-7+,11-8?. The number of aromatic nitrogens is 1. The molecule has 1 atom stereocenters. The number of hydrogen-bond acceptors (Lipinski definition) is 1. The summed E-state index contributed by atoms with van der Waals surface area (Å²) >= 11 is 6.08. The zero-order valence-electron chi connectivity index (χ0n) is 24.2. The number of rotatable bonds is 12. The van der Waals surface area contributed by atoms with Crippen LogP contribution >= 0.6 is 11.6 Å². The second-order valence-electron chi connectivity index (χ2n) is 9.71. The fraction of sp³-hybridized carbons (Fsp3) is 0.424. The van der Waals surface area contributed by atoms with Gasteiger partial charge in [-0.1, -0.05) is 88.6 Å². The lowest BCUT2D eigenvalue weighted by atomic mass is 9.91. The van der Waals surface area contributed by atoms with Gasteiger partial charge in [-0.15, -0.1) is 0 Å². The topological polar surface area (TPSA) is 28.1 Å². The molecule has 1 aromatic carbocycles. The summed E-state index contributed by atoms with van der Waals surface area (Å²) < 4.78 is 26.4. The van der Waals surface area contributed by atoms with E-state index in [-0.39, 0.29) is 22.6 Å². The molecule has 1 heterocycles. The van der Waals surface area contributed by atoms with E-state index in [1.165, 1.54) is 29.0 Å². The van der Waals surface area contributed by atoms with E-state index in [0.29, 0.717) is 0 Å². The molecule has 208 valence electrons. The third-order valence-electron chi connectivity index (χ3n) is 6.06. The molecule has 0 fully saturated rings. The second kappa shape index (κ2) is 17.7. The third-order valence-corrected chi connectivity index (χ3v) is 6.35. The van der Waals surface area contributed by atoms with Crippen LogP contribution in [-0.4, -0.2) is 10.7 Å². The van der Waals surface area contributed by atoms with Crippen molar-refractivity contribution < 1.29 is 8.78 Å². The number of aryl methyl sites for hydroxylation is 1. The highest BCUT2D eigenvalue weighted by Crippen LogP contribution is 2.35. The second-order valence-corrected chi connectivity index (χ2v) is 10.1. The first-order valence-electron chi connectivity index (χ1n) is 13.6. The van der Waals surface area contributed by atoms with Crippen LogP contribution in [0.5, 0.6) is 0 Å². The first-order valence-corrected chi connectivity index (χ1v) is 14.0. The van der Waals surface area contributed by atoms with E-state index in [0.717, 1.165) is 66.9 Å². The summed E-state index contributed by atoms with van der Waals surface area (Å²) in [6.45, 7) is 18.0. The molecular weight excluding hydrogens is 498 g/mol. The molecule has 0 saturated carbocycles. The Bertz CT molecular complexity index is 1190. The zero-order valence-corrected chi connectivity index (χ0v) is 25.0. The van der Waals surface area contributed by atoms with Crippen LogP contribution in [0.3, 0.4) is 0 Å². The highest BCUT2D eigenvalue weighted by molar-refractivity contribution is 6.31. The Balaban J connectivity index is 0.000000554. The number of aromatic amines is 1. The molecule has 1 N–H and O–H groups in total. The number of benzene rings is 1. The van der Waals surface area contributed by atoms with Gasteiger partial charge in [0.15, 0.2) is 0 Å². The van der Waals surface area contributed by atoms with Crippen LogP contribution in [0.2, 0.25) is 5.02 Å². The Morgan fingerprint density at radius 1 is 1.13 bits per heavy atom. The number of nitrogens with zero attached hydrogens (tertiary/aromatic N) is 1. The van der Waals surface area contributed by atoms with E-state index in [1.54, 1.807) is 6.07 Å². The van der Waals surface area contributed by atoms with Crippen LogP contribution in [-0.2, 0) is 6.42 Å². The van der Waals surface area contributed by atoms with Gasteiger partial charge in [-0.2, -0.15) is 0 Å². The minimum atomic E-state index is -0.388. The SMILES string of the molecule is C=C/C(F)=C\N=C(C)CCC.CC/C=C/C(=C\C=C(C)C)C(C)c1[nH]c2cc(F)c(Cl)cc2c1CCCC. The third kappa shape index (κ3) is 10.9. The highest BCUT2D eigenvalue weighted by atomic mass is 35.5. The molecule has 0 spiro atoms. The summed E-state index contributed by atoms with van der Waals surface area (Å²) in [5.41, 5.74) is 6.70. The van der Waals surface area contributed by atoms with Crippen molar-refractivity contribution in [2.24, 2.45) is 4.99 Å². The van der Waals surface area contributed by atoms with Gasteiger partial charge >= 0.3 is 0 Å². The number of nitrogens with one attached hydrogen (secondary N) is 1. The van der Waals surface area contributed by atoms with E-state index in [9.17, 15) is 8.78 Å². The minimum Gasteiger partial charge on any atom is -0.358 e. The van der Waals surface area contributed by atoms with Gasteiger partial charge in [0.05, 0.1) is 11.2 Å². The van der Waals surface area contributed by atoms with E-state index < -0.39 is 0 Å². The van der Waals surface area contributed by atoms with E-state index in [2.05, 4.69) is 82.4 Å². The van der Waals surface area contributed by atoms with Crippen molar-refractivity contribution in [3.8, 4) is 0 Å². The zero-order chi connectivity index (χ0) is 28.7. The van der Waals surface area contributed by atoms with Crippen LogP contribution in [0, 0.1) is 5.82 Å². The maximum Gasteiger partial charge on any atom is 0.143 e. The predicted octanol–water partition coefficient (Wildman–Crippen LogP) is 11.5. The van der Waals surface area contributed by atoms with Crippen molar-refractivity contribution in [2.75, 3.05) is 0 Å². The van der Waals surface area contributed by atoms with Gasteiger partial charge in [-0.05, 0) is 75.8 Å². The van der Waals surface area contributed by atoms with Crippen molar-refractivity contribution >= 4 is 28.2 Å². The summed E-state index contributed by atoms with van der Waals surface area (Å²) in [5.74, 6) is -0.581. The Hall–Kier alpha value is -2.72. The Morgan fingerprint density at radius 3 is 2.42 bits per heavy atom. The number of hydrogen-bond donors (Lipinski definition) is 1. The average molecular weight is 543 g/mol. The van der Waals surface area contributed by atoms with Gasteiger partial charge in [-0.25, -0.2) is 8.78 Å². The molecule has 0 aliphatic carbocycles. The lowest BCUT2D eigenvalue weighted by Crippen LogP contribution is -2.01. The van der Waals surface area contributed by atoms with Crippen molar-refractivity contribution in [1.82, 2.24) is 4.98 Å². The molecule has 0 aliphatic heterocycles. The highest BCUT2D eigenvalue weighted by Gasteiger charge is 2.19. The number of fused-ring (bicyclic) bond motifs is 1. The number of unbranched alkanes of at least 4 members (excludes halogenated alkanes) is 1. The number of allylic oxidation sites excluding steroid dienone is 8. The monoisotopic (exact) mass is 542 g/mol. The van der Waals surface area contributed by atoms with Crippen molar-refractivity contribution in [3.63, 3.8) is 0 Å². The van der Waals surface area contributed by atoms with Crippen LogP contribution in [0.15, 0.2) is 77.3 Å². The molecular formula is C33H45ClF2N2. The first kappa shape index (κ1) is 33.3. The van der Waals surface area contributed by atoms with Gasteiger partial charge < -0.3 is 4.98 Å². The summed E-state index contributed by atoms with van der Waals surface area (Å²) in [5, 5.41) is 1.22. The van der Waals surface area contributed by atoms with Gasteiger partial charge in [-0.3, -0.25) is 4.99 Å². The van der Waals surface area contributed by atoms with E-state index in [4.69, 9.17) is 11.6 Å². The Labute approximate surface area is 234 Å². The molecule has 38 heavy (non-hydrogen) atoms. The van der Waals surface area contributed by atoms with Crippen molar-refractivity contribution in [1.29, 1.82) is 0 Å². The fourth-order valence-corrected chi connectivity index (χ4v) is 4.10. The van der Waals surface area contributed by atoms with Crippen LogP contribution in [0.25, 0.3) is 10.9 Å². The average Bonchev–Trinajstić information content (AvgIpc) is 3.23. The fourth-order valence-electron chi connectivity index (χ4n) is 3.94. The molecule has 1 aromatic heterocycles. The minimum absolute atomic E-state index is 0.185. The van der Waals surface area contributed by atoms with Crippen LogP contribution in [0.1, 0.15) is 97.7 Å². The van der Waals surface area contributed by atoms with Gasteiger partial charge in [0.25, 0.3) is 0 Å². The van der Waals surface area contributed by atoms with Crippen LogP contribution in [0.4, 0.5) is 8.78 Å². The quantitative estimate of drug-likeness (QED) is 0.204. The van der Waals surface area contributed by atoms with Gasteiger partial charge in [0, 0.05) is 28.2 Å². The van der Waals surface area contributed by atoms with Crippen molar-refractivity contribution in [2.45, 2.75) is 92.9 Å². The number of aliphatic imine (C=N–C) groups is 1. The molecule has 0 aliphatic rings. The molecule has 2 aromatic rings. The largest absolute Gasteiger partial charge is 0.358 e. The Morgan fingerprint density at radius 2 is 1.84 bits per heavy atom. The van der Waals surface area contributed by atoms with Gasteiger partial charge in [0.2, 0.25) is 0 Å². The van der Waals surface area contributed by atoms with Crippen LogP contribution < -0.4 is 0 Å². The summed E-state index contributed by atoms with van der Waals surface area (Å²) in [7, 11) is 0. The number of H-pyrrole nitrogens is 1. The van der Waals surface area contributed by atoms with E-state index in [1.807, 2.05) is 6.92 Å². The summed E-state index contributed by atoms with van der Waals surface area (Å²) in [4.78, 5) is 7.38. The Kier molecular flexibility index (Phi) is 15.5. The normalized spacial score (nSPS) is 13.5. The molecule has 5 heteroatoms.